The first kappa shape index (κ1) is 13.7. The summed E-state index contributed by atoms with van der Waals surface area (Å²) in [6, 6.07) is 13.0. The van der Waals surface area contributed by atoms with Crippen molar-refractivity contribution in [1.29, 1.82) is 0 Å². The van der Waals surface area contributed by atoms with E-state index in [1.165, 1.54) is 0 Å². The molecule has 19 heavy (non-hydrogen) atoms. The highest BCUT2D eigenvalue weighted by atomic mass is 35.5. The van der Waals surface area contributed by atoms with E-state index >= 15 is 0 Å². The van der Waals surface area contributed by atoms with Crippen LogP contribution in [0.1, 0.15) is 5.56 Å². The predicted molar refractivity (Wildman–Crippen MR) is 77.3 cm³/mol. The molecule has 0 heterocycles. The lowest BCUT2D eigenvalue weighted by atomic mass is 10.1. The summed E-state index contributed by atoms with van der Waals surface area (Å²) >= 11 is 5.99. The van der Waals surface area contributed by atoms with Crippen LogP contribution in [-0.4, -0.2) is 13.7 Å². The van der Waals surface area contributed by atoms with Crippen LogP contribution in [0.15, 0.2) is 42.5 Å². The minimum Gasteiger partial charge on any atom is -0.497 e. The fourth-order valence-corrected chi connectivity index (χ4v) is 1.98. The van der Waals surface area contributed by atoms with Gasteiger partial charge in [-0.15, -0.1) is 0 Å². The Morgan fingerprint density at radius 1 is 1.11 bits per heavy atom. The molecule has 2 N–H and O–H groups in total. The zero-order valence-corrected chi connectivity index (χ0v) is 11.5. The minimum atomic E-state index is 0.550. The molecule has 0 radical (unpaired) electrons. The van der Waals surface area contributed by atoms with Crippen LogP contribution in [0, 0.1) is 0 Å². The number of halogens is 1. The van der Waals surface area contributed by atoms with E-state index in [1.807, 2.05) is 36.4 Å². The summed E-state index contributed by atoms with van der Waals surface area (Å²) in [6.07, 6.45) is 0.722. The standard InChI is InChI=1S/C15H16ClNO2/c1-18-13-3-2-4-14(10-13)19-15-6-5-12(16)9-11(15)7-8-17/h2-6,9-10H,7-8,17H2,1H3. The SMILES string of the molecule is COc1cccc(Oc2ccc(Cl)cc2CCN)c1. The molecular weight excluding hydrogens is 262 g/mol. The molecule has 0 saturated heterocycles. The first-order valence-corrected chi connectivity index (χ1v) is 6.41. The van der Waals surface area contributed by atoms with Crippen LogP contribution in [0.2, 0.25) is 5.02 Å². The normalized spacial score (nSPS) is 10.3. The Morgan fingerprint density at radius 2 is 1.89 bits per heavy atom. The van der Waals surface area contributed by atoms with Gasteiger partial charge in [-0.2, -0.15) is 0 Å². The van der Waals surface area contributed by atoms with Crippen LogP contribution in [0.3, 0.4) is 0 Å². The molecule has 0 atom stereocenters. The van der Waals surface area contributed by atoms with Gasteiger partial charge in [0.2, 0.25) is 0 Å². The largest absolute Gasteiger partial charge is 0.497 e. The van der Waals surface area contributed by atoms with Crippen molar-refractivity contribution >= 4 is 11.6 Å². The van der Waals surface area contributed by atoms with Crippen molar-refractivity contribution in [2.75, 3.05) is 13.7 Å². The summed E-state index contributed by atoms with van der Waals surface area (Å²) in [7, 11) is 1.63. The average Bonchev–Trinajstić information content (AvgIpc) is 2.42. The van der Waals surface area contributed by atoms with E-state index < -0.39 is 0 Å². The Hall–Kier alpha value is -1.71. The number of hydrogen-bond donors (Lipinski definition) is 1. The third-order valence-electron chi connectivity index (χ3n) is 2.71. The van der Waals surface area contributed by atoms with Crippen LogP contribution in [0.5, 0.6) is 17.2 Å². The van der Waals surface area contributed by atoms with Crippen molar-refractivity contribution in [3.8, 4) is 17.2 Å². The Bertz CT molecular complexity index is 558. The Morgan fingerprint density at radius 3 is 2.63 bits per heavy atom. The highest BCUT2D eigenvalue weighted by Crippen LogP contribution is 2.29. The highest BCUT2D eigenvalue weighted by molar-refractivity contribution is 6.30. The fourth-order valence-electron chi connectivity index (χ4n) is 1.79. The van der Waals surface area contributed by atoms with Crippen LogP contribution < -0.4 is 15.2 Å². The zero-order valence-electron chi connectivity index (χ0n) is 10.7. The van der Waals surface area contributed by atoms with E-state index in [0.29, 0.717) is 11.6 Å². The van der Waals surface area contributed by atoms with Gasteiger partial charge in [0.05, 0.1) is 7.11 Å². The number of ether oxygens (including phenoxy) is 2. The molecule has 2 rings (SSSR count). The van der Waals surface area contributed by atoms with Crippen molar-refractivity contribution in [3.05, 3.63) is 53.1 Å². The van der Waals surface area contributed by atoms with Gasteiger partial charge in [0, 0.05) is 11.1 Å². The summed E-state index contributed by atoms with van der Waals surface area (Å²) in [5.74, 6) is 2.25. The van der Waals surface area contributed by atoms with E-state index in [1.54, 1.807) is 13.2 Å². The molecule has 0 bridgehead atoms. The van der Waals surface area contributed by atoms with Gasteiger partial charge in [-0.05, 0) is 48.9 Å². The molecule has 3 nitrogen and oxygen atoms in total. The second-order valence-corrected chi connectivity index (χ2v) is 4.51. The van der Waals surface area contributed by atoms with Gasteiger partial charge < -0.3 is 15.2 Å². The van der Waals surface area contributed by atoms with Gasteiger partial charge in [-0.3, -0.25) is 0 Å². The summed E-state index contributed by atoms with van der Waals surface area (Å²) in [5.41, 5.74) is 6.60. The maximum atomic E-state index is 5.99. The second kappa shape index (κ2) is 6.45. The van der Waals surface area contributed by atoms with E-state index in [-0.39, 0.29) is 0 Å². The van der Waals surface area contributed by atoms with Gasteiger partial charge in [0.25, 0.3) is 0 Å². The fraction of sp³-hybridized carbons (Fsp3) is 0.200. The molecule has 100 valence electrons. The van der Waals surface area contributed by atoms with Crippen LogP contribution in [0.4, 0.5) is 0 Å². The molecule has 2 aromatic rings. The zero-order chi connectivity index (χ0) is 13.7. The number of rotatable bonds is 5. The Labute approximate surface area is 117 Å². The number of nitrogens with two attached hydrogens (primary N) is 1. The quantitative estimate of drug-likeness (QED) is 0.907. The van der Waals surface area contributed by atoms with Crippen LogP contribution in [0.25, 0.3) is 0 Å². The summed E-state index contributed by atoms with van der Waals surface area (Å²) in [4.78, 5) is 0. The van der Waals surface area contributed by atoms with Crippen LogP contribution in [-0.2, 0) is 6.42 Å². The molecule has 0 unspecified atom stereocenters. The first-order chi connectivity index (χ1) is 9.22. The topological polar surface area (TPSA) is 44.5 Å². The van der Waals surface area contributed by atoms with E-state index in [4.69, 9.17) is 26.8 Å². The molecule has 0 fully saturated rings. The third-order valence-corrected chi connectivity index (χ3v) is 2.94. The Kier molecular flexibility index (Phi) is 4.66. The molecule has 2 aromatic carbocycles. The minimum absolute atomic E-state index is 0.550. The van der Waals surface area contributed by atoms with Gasteiger partial charge in [0.1, 0.15) is 17.2 Å². The predicted octanol–water partition coefficient (Wildman–Crippen LogP) is 3.64. The van der Waals surface area contributed by atoms with E-state index in [0.717, 1.165) is 29.2 Å². The molecule has 0 saturated carbocycles. The molecule has 4 heteroatoms. The molecule has 0 aromatic heterocycles. The lowest BCUT2D eigenvalue weighted by Crippen LogP contribution is -2.04. The molecule has 0 spiro atoms. The monoisotopic (exact) mass is 277 g/mol. The number of hydrogen-bond acceptors (Lipinski definition) is 3. The highest BCUT2D eigenvalue weighted by Gasteiger charge is 2.06. The van der Waals surface area contributed by atoms with Gasteiger partial charge in [0.15, 0.2) is 0 Å². The maximum absolute atomic E-state index is 5.99. The van der Waals surface area contributed by atoms with Crippen LogP contribution >= 0.6 is 11.6 Å². The summed E-state index contributed by atoms with van der Waals surface area (Å²) in [5, 5.41) is 0.682. The maximum Gasteiger partial charge on any atom is 0.131 e. The molecule has 0 amide bonds. The van der Waals surface area contributed by atoms with E-state index in [9.17, 15) is 0 Å². The summed E-state index contributed by atoms with van der Waals surface area (Å²) in [6.45, 7) is 0.550. The lowest BCUT2D eigenvalue weighted by Gasteiger charge is -2.11. The van der Waals surface area contributed by atoms with Gasteiger partial charge >= 0.3 is 0 Å². The molecule has 0 aliphatic rings. The van der Waals surface area contributed by atoms with E-state index in [2.05, 4.69) is 0 Å². The van der Waals surface area contributed by atoms with Gasteiger partial charge in [-0.25, -0.2) is 0 Å². The second-order valence-electron chi connectivity index (χ2n) is 4.07. The van der Waals surface area contributed by atoms with Crippen molar-refractivity contribution in [2.24, 2.45) is 5.73 Å². The smallest absolute Gasteiger partial charge is 0.131 e. The third kappa shape index (κ3) is 3.63. The number of benzene rings is 2. The lowest BCUT2D eigenvalue weighted by molar-refractivity contribution is 0.408. The van der Waals surface area contributed by atoms with Gasteiger partial charge in [-0.1, -0.05) is 17.7 Å². The molecule has 0 aliphatic carbocycles. The first-order valence-electron chi connectivity index (χ1n) is 6.03. The summed E-state index contributed by atoms with van der Waals surface area (Å²) < 4.78 is 11.0. The molecular formula is C15H16ClNO2. The number of methoxy groups -OCH3 is 1. The average molecular weight is 278 g/mol. The van der Waals surface area contributed by atoms with Crippen molar-refractivity contribution in [3.63, 3.8) is 0 Å². The molecule has 0 aliphatic heterocycles. The Balaban J connectivity index is 2.26. The van der Waals surface area contributed by atoms with Crippen molar-refractivity contribution < 1.29 is 9.47 Å². The van der Waals surface area contributed by atoms with Crippen molar-refractivity contribution in [2.45, 2.75) is 6.42 Å². The van der Waals surface area contributed by atoms with Crippen molar-refractivity contribution in [1.82, 2.24) is 0 Å².